The molecule has 1 aromatic rings. The molecule has 0 amide bonds. The summed E-state index contributed by atoms with van der Waals surface area (Å²) in [5.41, 5.74) is 0. The molecule has 0 radical (unpaired) electrons. The van der Waals surface area contributed by atoms with Crippen LogP contribution in [0.1, 0.15) is 50.9 Å². The van der Waals surface area contributed by atoms with Gasteiger partial charge in [-0.3, -0.25) is 0 Å². The van der Waals surface area contributed by atoms with Crippen LogP contribution in [0, 0.1) is 0 Å². The maximum absolute atomic E-state index is 5.28. The molecule has 16 heavy (non-hydrogen) atoms. The van der Waals surface area contributed by atoms with Crippen molar-refractivity contribution >= 4 is 11.8 Å². The Balaban J connectivity index is 1.86. The van der Waals surface area contributed by atoms with Gasteiger partial charge in [0, 0.05) is 5.25 Å². The molecule has 0 bridgehead atoms. The molecule has 0 spiro atoms. The predicted octanol–water partition coefficient (Wildman–Crippen LogP) is 2.53. The number of rotatable bonds is 5. The maximum atomic E-state index is 5.28. The van der Waals surface area contributed by atoms with Gasteiger partial charge in [-0.1, -0.05) is 19.0 Å². The standard InChI is InChI=1S/C11H19N3OS/c1-3-8(2)16-7-10-13-11(15-14-10)9-5-4-6-12-9/h8-9,12H,3-7H2,1-2H3/t8?,9-/m1/s1. The maximum Gasteiger partial charge on any atom is 0.243 e. The molecule has 1 N–H and O–H groups in total. The highest BCUT2D eigenvalue weighted by Crippen LogP contribution is 2.23. The first-order valence-electron chi connectivity index (χ1n) is 5.97. The van der Waals surface area contributed by atoms with Gasteiger partial charge in [-0.05, 0) is 25.8 Å². The van der Waals surface area contributed by atoms with Gasteiger partial charge in [-0.25, -0.2) is 0 Å². The summed E-state index contributed by atoms with van der Waals surface area (Å²) in [7, 11) is 0. The Bertz CT molecular complexity index is 323. The molecule has 0 aliphatic carbocycles. The van der Waals surface area contributed by atoms with Crippen molar-refractivity contribution in [2.75, 3.05) is 6.54 Å². The van der Waals surface area contributed by atoms with E-state index in [1.807, 2.05) is 11.8 Å². The van der Waals surface area contributed by atoms with Crippen molar-refractivity contribution in [1.82, 2.24) is 15.5 Å². The van der Waals surface area contributed by atoms with Crippen molar-refractivity contribution in [2.24, 2.45) is 0 Å². The first-order chi connectivity index (χ1) is 7.79. The normalized spacial score (nSPS) is 22.5. The van der Waals surface area contributed by atoms with Crippen molar-refractivity contribution in [3.63, 3.8) is 0 Å². The summed E-state index contributed by atoms with van der Waals surface area (Å²) in [4.78, 5) is 4.44. The highest BCUT2D eigenvalue weighted by atomic mass is 32.2. The summed E-state index contributed by atoms with van der Waals surface area (Å²) in [6.45, 7) is 5.48. The summed E-state index contributed by atoms with van der Waals surface area (Å²) >= 11 is 1.88. The van der Waals surface area contributed by atoms with E-state index in [-0.39, 0.29) is 6.04 Å². The van der Waals surface area contributed by atoms with E-state index in [0.717, 1.165) is 30.4 Å². The van der Waals surface area contributed by atoms with Gasteiger partial charge < -0.3 is 9.84 Å². The summed E-state index contributed by atoms with van der Waals surface area (Å²) in [5, 5.41) is 8.04. The van der Waals surface area contributed by atoms with E-state index < -0.39 is 0 Å². The zero-order valence-electron chi connectivity index (χ0n) is 9.90. The van der Waals surface area contributed by atoms with E-state index in [9.17, 15) is 0 Å². The Kier molecular flexibility index (Phi) is 4.23. The molecular weight excluding hydrogens is 222 g/mol. The van der Waals surface area contributed by atoms with Crippen molar-refractivity contribution in [1.29, 1.82) is 0 Å². The molecule has 2 heterocycles. The molecule has 2 atom stereocenters. The molecule has 0 aromatic carbocycles. The number of nitrogens with one attached hydrogen (secondary N) is 1. The topological polar surface area (TPSA) is 51.0 Å². The Morgan fingerprint density at radius 3 is 3.19 bits per heavy atom. The van der Waals surface area contributed by atoms with E-state index in [0.29, 0.717) is 5.25 Å². The molecule has 5 heteroatoms. The molecule has 90 valence electrons. The molecular formula is C11H19N3OS. The van der Waals surface area contributed by atoms with Crippen LogP contribution >= 0.6 is 11.8 Å². The van der Waals surface area contributed by atoms with Gasteiger partial charge in [0.25, 0.3) is 0 Å². The Labute approximate surface area is 101 Å². The van der Waals surface area contributed by atoms with Gasteiger partial charge in [0.05, 0.1) is 11.8 Å². The van der Waals surface area contributed by atoms with Crippen LogP contribution in [-0.2, 0) is 5.75 Å². The average Bonchev–Trinajstić information content (AvgIpc) is 2.95. The Morgan fingerprint density at radius 2 is 2.50 bits per heavy atom. The molecule has 4 nitrogen and oxygen atoms in total. The molecule has 2 rings (SSSR count). The van der Waals surface area contributed by atoms with Crippen molar-refractivity contribution in [3.05, 3.63) is 11.7 Å². The lowest BCUT2D eigenvalue weighted by molar-refractivity contribution is 0.342. The summed E-state index contributed by atoms with van der Waals surface area (Å²) < 4.78 is 5.28. The minimum absolute atomic E-state index is 0.287. The Morgan fingerprint density at radius 1 is 1.62 bits per heavy atom. The first kappa shape index (κ1) is 11.9. The molecule has 1 aliphatic heterocycles. The third-order valence-corrected chi connectivity index (χ3v) is 4.24. The van der Waals surface area contributed by atoms with Crippen LogP contribution in [0.15, 0.2) is 4.52 Å². The van der Waals surface area contributed by atoms with Gasteiger partial charge in [0.15, 0.2) is 5.82 Å². The predicted molar refractivity (Wildman–Crippen MR) is 65.3 cm³/mol. The number of nitrogens with zero attached hydrogens (tertiary/aromatic N) is 2. The Hall–Kier alpha value is -0.550. The fraction of sp³-hybridized carbons (Fsp3) is 0.818. The van der Waals surface area contributed by atoms with Crippen molar-refractivity contribution < 1.29 is 4.52 Å². The highest BCUT2D eigenvalue weighted by molar-refractivity contribution is 7.99. The van der Waals surface area contributed by atoms with Crippen LogP contribution in [-0.4, -0.2) is 21.9 Å². The summed E-state index contributed by atoms with van der Waals surface area (Å²) in [5.74, 6) is 2.44. The van der Waals surface area contributed by atoms with Crippen LogP contribution in [0.2, 0.25) is 0 Å². The summed E-state index contributed by atoms with van der Waals surface area (Å²) in [6, 6.07) is 0.287. The largest absolute Gasteiger partial charge is 0.338 e. The smallest absolute Gasteiger partial charge is 0.243 e. The minimum atomic E-state index is 0.287. The average molecular weight is 241 g/mol. The molecule has 0 saturated carbocycles. The zero-order valence-corrected chi connectivity index (χ0v) is 10.7. The van der Waals surface area contributed by atoms with E-state index >= 15 is 0 Å². The fourth-order valence-corrected chi connectivity index (χ4v) is 2.48. The van der Waals surface area contributed by atoms with Crippen LogP contribution in [0.5, 0.6) is 0 Å². The first-order valence-corrected chi connectivity index (χ1v) is 7.02. The van der Waals surface area contributed by atoms with E-state index in [1.165, 1.54) is 12.8 Å². The molecule has 1 aromatic heterocycles. The quantitative estimate of drug-likeness (QED) is 0.858. The highest BCUT2D eigenvalue weighted by Gasteiger charge is 2.22. The summed E-state index contributed by atoms with van der Waals surface area (Å²) in [6.07, 6.45) is 3.49. The van der Waals surface area contributed by atoms with Crippen LogP contribution in [0.25, 0.3) is 0 Å². The van der Waals surface area contributed by atoms with Gasteiger partial charge >= 0.3 is 0 Å². The van der Waals surface area contributed by atoms with Gasteiger partial charge in [0.1, 0.15) is 0 Å². The van der Waals surface area contributed by atoms with Crippen LogP contribution in [0.4, 0.5) is 0 Å². The lowest BCUT2D eigenvalue weighted by Crippen LogP contribution is -2.13. The van der Waals surface area contributed by atoms with E-state index in [2.05, 4.69) is 29.3 Å². The van der Waals surface area contributed by atoms with E-state index in [4.69, 9.17) is 4.52 Å². The van der Waals surface area contributed by atoms with E-state index in [1.54, 1.807) is 0 Å². The number of thioether (sulfide) groups is 1. The van der Waals surface area contributed by atoms with Crippen molar-refractivity contribution in [2.45, 2.75) is 50.2 Å². The van der Waals surface area contributed by atoms with Crippen LogP contribution < -0.4 is 5.32 Å². The van der Waals surface area contributed by atoms with Crippen molar-refractivity contribution in [3.8, 4) is 0 Å². The monoisotopic (exact) mass is 241 g/mol. The molecule has 1 fully saturated rings. The minimum Gasteiger partial charge on any atom is -0.338 e. The SMILES string of the molecule is CCC(C)SCc1noc([C@H]2CCCN2)n1. The fourth-order valence-electron chi connectivity index (χ4n) is 1.70. The van der Waals surface area contributed by atoms with Gasteiger partial charge in [-0.15, -0.1) is 0 Å². The molecule has 1 saturated heterocycles. The lowest BCUT2D eigenvalue weighted by atomic mass is 10.2. The van der Waals surface area contributed by atoms with Gasteiger partial charge in [-0.2, -0.15) is 16.7 Å². The molecule has 1 unspecified atom stereocenters. The third kappa shape index (κ3) is 2.98. The van der Waals surface area contributed by atoms with Crippen LogP contribution in [0.3, 0.4) is 0 Å². The number of aromatic nitrogens is 2. The second-order valence-electron chi connectivity index (χ2n) is 4.23. The second-order valence-corrected chi connectivity index (χ2v) is 5.65. The van der Waals surface area contributed by atoms with Gasteiger partial charge in [0.2, 0.25) is 5.89 Å². The number of hydrogen-bond acceptors (Lipinski definition) is 5. The number of hydrogen-bond donors (Lipinski definition) is 1. The second kappa shape index (κ2) is 5.68. The molecule has 1 aliphatic rings. The lowest BCUT2D eigenvalue weighted by Gasteiger charge is -2.04. The third-order valence-electron chi connectivity index (χ3n) is 2.91. The zero-order chi connectivity index (χ0) is 11.4.